The summed E-state index contributed by atoms with van der Waals surface area (Å²) in [7, 11) is 2.23. The van der Waals surface area contributed by atoms with Crippen LogP contribution in [0.5, 0.6) is 5.75 Å². The Hall–Kier alpha value is -2.71. The van der Waals surface area contributed by atoms with Crippen LogP contribution in [-0.4, -0.2) is 88.4 Å². The van der Waals surface area contributed by atoms with Crippen LogP contribution in [-0.2, 0) is 0 Å². The number of benzene rings is 1. The van der Waals surface area contributed by atoms with Gasteiger partial charge in [-0.2, -0.15) is 5.10 Å². The second-order valence-corrected chi connectivity index (χ2v) is 10.2. The lowest BCUT2D eigenvalue weighted by Crippen LogP contribution is -2.53. The van der Waals surface area contributed by atoms with Crippen LogP contribution >= 0.6 is 0 Å². The van der Waals surface area contributed by atoms with Gasteiger partial charge in [0, 0.05) is 43.7 Å². The Balaban J connectivity index is 1.29. The zero-order valence-corrected chi connectivity index (χ0v) is 20.9. The summed E-state index contributed by atoms with van der Waals surface area (Å²) in [5.74, 6) is 2.64. The lowest BCUT2D eigenvalue weighted by molar-refractivity contribution is 0.124. The average molecular weight is 464 g/mol. The number of ether oxygens (including phenoxy) is 1. The van der Waals surface area contributed by atoms with Gasteiger partial charge in [0.05, 0.1) is 17.3 Å². The maximum absolute atomic E-state index is 5.89. The molecule has 1 atom stereocenters. The maximum atomic E-state index is 5.89. The third-order valence-corrected chi connectivity index (χ3v) is 7.22. The molecule has 0 unspecified atom stereocenters. The molecule has 8 nitrogen and oxygen atoms in total. The molecule has 2 fully saturated rings. The highest BCUT2D eigenvalue weighted by molar-refractivity contribution is 5.93. The summed E-state index contributed by atoms with van der Waals surface area (Å²) in [6.45, 7) is 13.1. The van der Waals surface area contributed by atoms with Gasteiger partial charge < -0.3 is 14.5 Å². The zero-order chi connectivity index (χ0) is 23.7. The fraction of sp³-hybridized carbons (Fsp3) is 0.577. The largest absolute Gasteiger partial charge is 0.491 e. The molecule has 2 aromatic heterocycles. The number of hydrogen-bond donors (Lipinski definition) is 1. The van der Waals surface area contributed by atoms with Crippen molar-refractivity contribution in [2.24, 2.45) is 5.92 Å². The number of nitrogens with zero attached hydrogens (tertiary/aromatic N) is 6. The van der Waals surface area contributed by atoms with Gasteiger partial charge in [-0.25, -0.2) is 9.97 Å². The number of piperidine rings is 1. The molecule has 1 aromatic carbocycles. The highest BCUT2D eigenvalue weighted by Crippen LogP contribution is 2.30. The van der Waals surface area contributed by atoms with Crippen molar-refractivity contribution in [1.82, 2.24) is 30.0 Å². The van der Waals surface area contributed by atoms with Gasteiger partial charge in [-0.15, -0.1) is 0 Å². The van der Waals surface area contributed by atoms with E-state index in [2.05, 4.69) is 54.9 Å². The molecule has 2 aliphatic heterocycles. The van der Waals surface area contributed by atoms with Crippen molar-refractivity contribution in [3.05, 3.63) is 30.6 Å². The zero-order valence-electron chi connectivity index (χ0n) is 20.9. The van der Waals surface area contributed by atoms with E-state index in [9.17, 15) is 0 Å². The third-order valence-electron chi connectivity index (χ3n) is 7.22. The van der Waals surface area contributed by atoms with Crippen LogP contribution < -0.4 is 9.64 Å². The molecule has 8 heteroatoms. The summed E-state index contributed by atoms with van der Waals surface area (Å²) < 4.78 is 5.89. The molecular weight excluding hydrogens is 426 g/mol. The Morgan fingerprint density at radius 3 is 2.68 bits per heavy atom. The Morgan fingerprint density at radius 2 is 1.91 bits per heavy atom. The standard InChI is InChI=1S/C26H37N7O/c1-18(2)34-21-5-6-23-22(13-21)26(30-29-23)24-14-25(28-17-27-24)33-12-11-32(19(3)15-33)16-20-7-9-31(4)10-8-20/h5-6,13-14,17-20H,7-12,15-16H2,1-4H3,(H,29,30)/t19-/m0/s1. The van der Waals surface area contributed by atoms with Crippen molar-refractivity contribution in [1.29, 1.82) is 0 Å². The second kappa shape index (κ2) is 9.88. The minimum absolute atomic E-state index is 0.124. The number of H-pyrrole nitrogens is 1. The van der Waals surface area contributed by atoms with E-state index in [-0.39, 0.29) is 6.10 Å². The molecule has 0 aliphatic carbocycles. The molecular formula is C26H37N7O. The Morgan fingerprint density at radius 1 is 1.09 bits per heavy atom. The molecule has 0 amide bonds. The minimum Gasteiger partial charge on any atom is -0.491 e. The summed E-state index contributed by atoms with van der Waals surface area (Å²) in [6.07, 6.45) is 4.42. The number of aromatic nitrogens is 4. The first-order valence-electron chi connectivity index (χ1n) is 12.6. The number of hydrogen-bond acceptors (Lipinski definition) is 7. The first-order valence-corrected chi connectivity index (χ1v) is 12.6. The van der Waals surface area contributed by atoms with Crippen molar-refractivity contribution >= 4 is 16.7 Å². The number of piperazine rings is 1. The van der Waals surface area contributed by atoms with Gasteiger partial charge in [0.2, 0.25) is 0 Å². The van der Waals surface area contributed by atoms with E-state index in [0.29, 0.717) is 6.04 Å². The summed E-state index contributed by atoms with van der Waals surface area (Å²) in [5, 5.41) is 8.71. The Labute approximate surface area is 202 Å². The summed E-state index contributed by atoms with van der Waals surface area (Å²) in [4.78, 5) is 16.7. The quantitative estimate of drug-likeness (QED) is 0.598. The van der Waals surface area contributed by atoms with E-state index < -0.39 is 0 Å². The van der Waals surface area contributed by atoms with Crippen LogP contribution in [0.25, 0.3) is 22.3 Å². The molecule has 0 radical (unpaired) electrons. The second-order valence-electron chi connectivity index (χ2n) is 10.2. The van der Waals surface area contributed by atoms with Crippen molar-refractivity contribution < 1.29 is 4.74 Å². The molecule has 3 aromatic rings. The molecule has 1 N–H and O–H groups in total. The van der Waals surface area contributed by atoms with Crippen LogP contribution in [0.4, 0.5) is 5.82 Å². The fourth-order valence-electron chi connectivity index (χ4n) is 5.23. The Bertz CT molecular complexity index is 1110. The SMILES string of the molecule is CC(C)Oc1ccc2[nH]nc(-c3cc(N4CCN(CC5CCN(C)CC5)[C@@H](C)C4)ncn3)c2c1. The van der Waals surface area contributed by atoms with E-state index in [1.165, 1.54) is 32.5 Å². The third kappa shape index (κ3) is 5.03. The van der Waals surface area contributed by atoms with E-state index in [1.807, 2.05) is 32.0 Å². The normalized spacial score (nSPS) is 21.0. The monoisotopic (exact) mass is 463 g/mol. The van der Waals surface area contributed by atoms with Gasteiger partial charge >= 0.3 is 0 Å². The number of rotatable bonds is 6. The highest BCUT2D eigenvalue weighted by atomic mass is 16.5. The van der Waals surface area contributed by atoms with Gasteiger partial charge in [-0.05, 0) is 77.9 Å². The lowest BCUT2D eigenvalue weighted by Gasteiger charge is -2.42. The number of likely N-dealkylation sites (tertiary alicyclic amines) is 1. The van der Waals surface area contributed by atoms with Crippen molar-refractivity contribution in [3.63, 3.8) is 0 Å². The van der Waals surface area contributed by atoms with E-state index in [1.54, 1.807) is 6.33 Å². The number of nitrogens with one attached hydrogen (secondary N) is 1. The van der Waals surface area contributed by atoms with Crippen LogP contribution in [0.3, 0.4) is 0 Å². The van der Waals surface area contributed by atoms with E-state index in [0.717, 1.165) is 59.4 Å². The minimum atomic E-state index is 0.124. The first kappa shape index (κ1) is 23.1. The van der Waals surface area contributed by atoms with Gasteiger partial charge in [0.25, 0.3) is 0 Å². The molecule has 34 heavy (non-hydrogen) atoms. The van der Waals surface area contributed by atoms with Crippen LogP contribution in [0, 0.1) is 5.92 Å². The number of fused-ring (bicyclic) bond motifs is 1. The predicted molar refractivity (Wildman–Crippen MR) is 136 cm³/mol. The molecule has 5 rings (SSSR count). The summed E-state index contributed by atoms with van der Waals surface area (Å²) >= 11 is 0. The molecule has 0 saturated carbocycles. The molecule has 2 aliphatic rings. The summed E-state index contributed by atoms with van der Waals surface area (Å²) in [6, 6.07) is 8.61. The molecule has 182 valence electrons. The molecule has 0 spiro atoms. The van der Waals surface area contributed by atoms with Crippen LogP contribution in [0.2, 0.25) is 0 Å². The van der Waals surface area contributed by atoms with Crippen LogP contribution in [0.1, 0.15) is 33.6 Å². The van der Waals surface area contributed by atoms with E-state index in [4.69, 9.17) is 4.74 Å². The topological polar surface area (TPSA) is 73.4 Å². The first-order chi connectivity index (χ1) is 16.5. The van der Waals surface area contributed by atoms with Gasteiger partial charge in [-0.1, -0.05) is 0 Å². The van der Waals surface area contributed by atoms with E-state index >= 15 is 0 Å². The van der Waals surface area contributed by atoms with Crippen LogP contribution in [0.15, 0.2) is 30.6 Å². The van der Waals surface area contributed by atoms with Crippen molar-refractivity contribution in [2.75, 3.05) is 51.2 Å². The predicted octanol–water partition coefficient (Wildman–Crippen LogP) is 3.66. The Kier molecular flexibility index (Phi) is 6.70. The lowest BCUT2D eigenvalue weighted by atomic mass is 9.95. The van der Waals surface area contributed by atoms with Gasteiger partial charge in [0.15, 0.2) is 0 Å². The maximum Gasteiger partial charge on any atom is 0.132 e. The number of anilines is 1. The smallest absolute Gasteiger partial charge is 0.132 e. The fourth-order valence-corrected chi connectivity index (χ4v) is 5.23. The summed E-state index contributed by atoms with van der Waals surface area (Å²) in [5.41, 5.74) is 2.64. The highest BCUT2D eigenvalue weighted by Gasteiger charge is 2.28. The van der Waals surface area contributed by atoms with Gasteiger partial charge in [-0.3, -0.25) is 10.00 Å². The molecule has 4 heterocycles. The van der Waals surface area contributed by atoms with Gasteiger partial charge in [0.1, 0.15) is 23.6 Å². The average Bonchev–Trinajstić information content (AvgIpc) is 3.25. The van der Waals surface area contributed by atoms with Crippen molar-refractivity contribution in [3.8, 4) is 17.1 Å². The molecule has 0 bridgehead atoms. The number of aromatic amines is 1. The molecule has 2 saturated heterocycles. The van der Waals surface area contributed by atoms with Crippen molar-refractivity contribution in [2.45, 2.75) is 45.8 Å².